The lowest BCUT2D eigenvalue weighted by atomic mass is 9.99. The van der Waals surface area contributed by atoms with Crippen molar-refractivity contribution in [2.24, 2.45) is 0 Å². The Morgan fingerprint density at radius 2 is 1.97 bits per heavy atom. The molecule has 6 nitrogen and oxygen atoms in total. The molecular formula is C24H21N3O3S2. The van der Waals surface area contributed by atoms with Gasteiger partial charge < -0.3 is 10.4 Å². The molecule has 4 aromatic rings. The number of nitrogens with one attached hydrogen (secondary N) is 1. The first-order valence-electron chi connectivity index (χ1n) is 9.93. The van der Waals surface area contributed by atoms with Crippen molar-refractivity contribution in [3.05, 3.63) is 64.8 Å². The summed E-state index contributed by atoms with van der Waals surface area (Å²) in [6.45, 7) is 5.92. The predicted octanol–water partition coefficient (Wildman–Crippen LogP) is 5.61. The number of amides is 1. The quantitative estimate of drug-likeness (QED) is 0.167. The molecule has 0 aliphatic heterocycles. The molecule has 1 amide bonds. The van der Waals surface area contributed by atoms with Gasteiger partial charge in [-0.3, -0.25) is 9.59 Å². The van der Waals surface area contributed by atoms with Crippen molar-refractivity contribution in [3.8, 4) is 16.9 Å². The number of thioether (sulfide) groups is 1. The van der Waals surface area contributed by atoms with Gasteiger partial charge in [0.15, 0.2) is 0 Å². The van der Waals surface area contributed by atoms with Crippen molar-refractivity contribution in [3.63, 3.8) is 0 Å². The Hall–Kier alpha value is -3.23. The molecular weight excluding hydrogens is 442 g/mol. The number of anilines is 1. The van der Waals surface area contributed by atoms with Gasteiger partial charge in [-0.05, 0) is 50.1 Å². The molecule has 0 bridgehead atoms. The van der Waals surface area contributed by atoms with Gasteiger partial charge in [0.25, 0.3) is 0 Å². The Kier molecular flexibility index (Phi) is 6.25. The van der Waals surface area contributed by atoms with Crippen LogP contribution in [0.25, 0.3) is 21.3 Å². The van der Waals surface area contributed by atoms with Crippen molar-refractivity contribution in [1.82, 2.24) is 9.97 Å². The zero-order chi connectivity index (χ0) is 22.8. The van der Waals surface area contributed by atoms with Crippen LogP contribution in [0.15, 0.2) is 53.1 Å². The minimum absolute atomic E-state index is 0.0967. The predicted molar refractivity (Wildman–Crippen MR) is 130 cm³/mol. The minimum Gasteiger partial charge on any atom is -0.506 e. The first kappa shape index (κ1) is 22.0. The summed E-state index contributed by atoms with van der Waals surface area (Å²) in [5.41, 5.74) is 5.10. The molecule has 0 fully saturated rings. The van der Waals surface area contributed by atoms with Crippen molar-refractivity contribution in [2.75, 3.05) is 5.32 Å². The van der Waals surface area contributed by atoms with Crippen LogP contribution in [0, 0.1) is 13.8 Å². The minimum atomic E-state index is -0.501. The Morgan fingerprint density at radius 3 is 2.72 bits per heavy atom. The van der Waals surface area contributed by atoms with Crippen LogP contribution >= 0.6 is 23.1 Å². The molecule has 0 saturated carbocycles. The molecule has 32 heavy (non-hydrogen) atoms. The highest BCUT2D eigenvalue weighted by molar-refractivity contribution is 8.00. The molecule has 2 heterocycles. The molecule has 1 unspecified atom stereocenters. The summed E-state index contributed by atoms with van der Waals surface area (Å²) < 4.78 is 0. The first-order valence-corrected chi connectivity index (χ1v) is 11.7. The van der Waals surface area contributed by atoms with Gasteiger partial charge in [-0.25, -0.2) is 9.97 Å². The Balaban J connectivity index is 1.64. The summed E-state index contributed by atoms with van der Waals surface area (Å²) >= 11 is 2.88. The zero-order valence-corrected chi connectivity index (χ0v) is 19.4. The van der Waals surface area contributed by atoms with E-state index in [0.717, 1.165) is 26.4 Å². The lowest BCUT2D eigenvalue weighted by Gasteiger charge is -2.14. The second kappa shape index (κ2) is 9.10. The van der Waals surface area contributed by atoms with Gasteiger partial charge in [-0.15, -0.1) is 11.3 Å². The van der Waals surface area contributed by atoms with Gasteiger partial charge in [-0.1, -0.05) is 35.5 Å². The molecule has 0 aliphatic rings. The number of benzene rings is 2. The molecule has 0 spiro atoms. The number of fused-ring (bicyclic) bond motifs is 1. The van der Waals surface area contributed by atoms with Crippen LogP contribution < -0.4 is 5.32 Å². The normalized spacial score (nSPS) is 12.0. The number of rotatable bonds is 6. The van der Waals surface area contributed by atoms with Gasteiger partial charge in [0.1, 0.15) is 28.2 Å². The van der Waals surface area contributed by atoms with E-state index in [9.17, 15) is 14.7 Å². The van der Waals surface area contributed by atoms with Gasteiger partial charge in [0.2, 0.25) is 5.91 Å². The second-order valence-corrected chi connectivity index (χ2v) is 9.66. The van der Waals surface area contributed by atoms with Crippen LogP contribution in [0.2, 0.25) is 0 Å². The zero-order valence-electron chi connectivity index (χ0n) is 17.7. The number of aromatic hydroxyl groups is 1. The van der Waals surface area contributed by atoms with Crippen molar-refractivity contribution in [2.45, 2.75) is 31.0 Å². The lowest BCUT2D eigenvalue weighted by Crippen LogP contribution is -2.22. The maximum Gasteiger partial charge on any atom is 0.237 e. The van der Waals surface area contributed by atoms with Gasteiger partial charge in [0.05, 0.1) is 16.3 Å². The smallest absolute Gasteiger partial charge is 0.237 e. The summed E-state index contributed by atoms with van der Waals surface area (Å²) in [6.07, 6.45) is 2.17. The molecule has 1 atom stereocenters. The summed E-state index contributed by atoms with van der Waals surface area (Å²) in [5.74, 6) is -0.399. The molecule has 4 rings (SSSR count). The molecule has 162 valence electrons. The SMILES string of the molecule is Cc1ccc(-c2csc3ncnc(SC(C)C(=O)Nc4cc(C=O)ccc4O)c23)c(C)c1. The highest BCUT2D eigenvalue weighted by atomic mass is 32.2. The monoisotopic (exact) mass is 463 g/mol. The first-order chi connectivity index (χ1) is 15.4. The van der Waals surface area contributed by atoms with Crippen LogP contribution in [0.1, 0.15) is 28.4 Å². The summed E-state index contributed by atoms with van der Waals surface area (Å²) in [4.78, 5) is 33.6. The number of aromatic nitrogens is 2. The molecule has 0 saturated heterocycles. The second-order valence-electron chi connectivity index (χ2n) is 7.47. The van der Waals surface area contributed by atoms with Crippen molar-refractivity contribution in [1.29, 1.82) is 0 Å². The standard InChI is InChI=1S/C24H21N3O3S2/c1-13-4-6-17(14(2)8-13)18-11-31-23-21(18)24(26-12-25-23)32-15(3)22(30)27-19-9-16(10-28)5-7-20(19)29/h4-12,15,29H,1-3H3,(H,27,30). The fourth-order valence-corrected chi connectivity index (χ4v) is 5.34. The number of phenols is 1. The summed E-state index contributed by atoms with van der Waals surface area (Å²) in [5, 5.41) is 15.9. The van der Waals surface area contributed by atoms with E-state index >= 15 is 0 Å². The highest BCUT2D eigenvalue weighted by Gasteiger charge is 2.21. The largest absolute Gasteiger partial charge is 0.506 e. The van der Waals surface area contributed by atoms with Crippen LogP contribution in [-0.2, 0) is 4.79 Å². The topological polar surface area (TPSA) is 92.2 Å². The number of carbonyl (C=O) groups excluding carboxylic acids is 2. The van der Waals surface area contributed by atoms with E-state index in [1.807, 2.05) is 0 Å². The van der Waals surface area contributed by atoms with Crippen LogP contribution in [0.5, 0.6) is 5.75 Å². The van der Waals surface area contributed by atoms with Crippen LogP contribution in [-0.4, -0.2) is 32.5 Å². The Labute approximate surface area is 193 Å². The molecule has 2 aromatic heterocycles. The summed E-state index contributed by atoms with van der Waals surface area (Å²) in [6, 6.07) is 10.6. The third-order valence-corrected chi connectivity index (χ3v) is 7.07. The van der Waals surface area contributed by atoms with Crippen molar-refractivity contribution >= 4 is 51.2 Å². The number of carbonyl (C=O) groups is 2. The molecule has 8 heteroatoms. The number of aldehydes is 1. The third kappa shape index (κ3) is 4.37. The maximum absolute atomic E-state index is 12.8. The highest BCUT2D eigenvalue weighted by Crippen LogP contribution is 2.40. The van der Waals surface area contributed by atoms with E-state index < -0.39 is 5.25 Å². The molecule has 0 radical (unpaired) electrons. The number of hydrogen-bond acceptors (Lipinski definition) is 7. The third-order valence-electron chi connectivity index (χ3n) is 5.08. The van der Waals surface area contributed by atoms with E-state index in [2.05, 4.69) is 52.7 Å². The van der Waals surface area contributed by atoms with Crippen molar-refractivity contribution < 1.29 is 14.7 Å². The molecule has 2 aromatic carbocycles. The van der Waals surface area contributed by atoms with Crippen LogP contribution in [0.3, 0.4) is 0 Å². The Morgan fingerprint density at radius 1 is 1.16 bits per heavy atom. The molecule has 0 aliphatic carbocycles. The summed E-state index contributed by atoms with van der Waals surface area (Å²) in [7, 11) is 0. The van der Waals surface area contributed by atoms with Gasteiger partial charge in [0, 0.05) is 16.5 Å². The molecule has 2 N–H and O–H groups in total. The van der Waals surface area contributed by atoms with E-state index in [1.54, 1.807) is 18.3 Å². The van der Waals surface area contributed by atoms with Gasteiger partial charge in [-0.2, -0.15) is 0 Å². The number of hydrogen-bond donors (Lipinski definition) is 2. The Bertz CT molecular complexity index is 1330. The van der Waals surface area contributed by atoms with Gasteiger partial charge >= 0.3 is 0 Å². The number of nitrogens with zero attached hydrogens (tertiary/aromatic N) is 2. The average Bonchev–Trinajstić information content (AvgIpc) is 3.20. The lowest BCUT2D eigenvalue weighted by molar-refractivity contribution is -0.115. The fourth-order valence-electron chi connectivity index (χ4n) is 3.43. The maximum atomic E-state index is 12.8. The van der Waals surface area contributed by atoms with E-state index in [4.69, 9.17) is 0 Å². The fraction of sp³-hybridized carbons (Fsp3) is 0.167. The van der Waals surface area contributed by atoms with E-state index in [1.165, 1.54) is 47.4 Å². The average molecular weight is 464 g/mol. The van der Waals surface area contributed by atoms with Crippen LogP contribution in [0.4, 0.5) is 5.69 Å². The van der Waals surface area contributed by atoms with E-state index in [0.29, 0.717) is 11.8 Å². The number of phenolic OH excluding ortho intramolecular Hbond substituents is 1. The van der Waals surface area contributed by atoms with E-state index in [-0.39, 0.29) is 17.3 Å². The number of aryl methyl sites for hydroxylation is 2. The number of thiophene rings is 1.